The highest BCUT2D eigenvalue weighted by Gasteiger charge is 2.41. The lowest BCUT2D eigenvalue weighted by molar-refractivity contribution is -0.140. The van der Waals surface area contributed by atoms with Gasteiger partial charge >= 0.3 is 6.03 Å². The average molecular weight is 939 g/mol. The van der Waals surface area contributed by atoms with E-state index in [-0.39, 0.29) is 48.8 Å². The van der Waals surface area contributed by atoms with E-state index in [9.17, 15) is 33.5 Å². The number of piperidine rings is 2. The summed E-state index contributed by atoms with van der Waals surface area (Å²) in [5, 5.41) is 25.0. The summed E-state index contributed by atoms with van der Waals surface area (Å²) in [6, 6.07) is 12.4. The molecule has 10 rings (SSSR count). The highest BCUT2D eigenvalue weighted by molar-refractivity contribution is 6.34. The quantitative estimate of drug-likeness (QED) is 0.171. The zero-order valence-electron chi connectivity index (χ0n) is 37.6. The normalized spacial score (nSPS) is 22.5. The molecule has 4 saturated heterocycles. The fourth-order valence-corrected chi connectivity index (χ4v) is 10.6. The van der Waals surface area contributed by atoms with Gasteiger partial charge in [0.05, 0.1) is 40.7 Å². The zero-order valence-corrected chi connectivity index (χ0v) is 38.3. The van der Waals surface area contributed by atoms with Crippen molar-refractivity contribution in [2.24, 2.45) is 0 Å². The maximum atomic E-state index is 13.6. The lowest BCUT2D eigenvalue weighted by Crippen LogP contribution is -2.54. The number of carbonyl (C=O) groups excluding carboxylic acids is 5. The Morgan fingerprint density at radius 1 is 0.910 bits per heavy atom. The Hall–Kier alpha value is -5.89. The van der Waals surface area contributed by atoms with Crippen LogP contribution in [0.3, 0.4) is 0 Å². The van der Waals surface area contributed by atoms with Crippen molar-refractivity contribution in [3.8, 4) is 0 Å². The number of alkyl halides is 1. The molecular formula is C47H56ClFN12O6. The number of carbonyl (C=O) groups is 5. The van der Waals surface area contributed by atoms with Crippen molar-refractivity contribution in [2.45, 2.75) is 81.8 Å². The Kier molecular flexibility index (Phi) is 12.3. The molecule has 5 aliphatic heterocycles. The van der Waals surface area contributed by atoms with E-state index in [0.717, 1.165) is 50.3 Å². The molecule has 18 nitrogen and oxygen atoms in total. The number of urea groups is 1. The van der Waals surface area contributed by atoms with Crippen LogP contribution in [0.2, 0.25) is 5.02 Å². The predicted molar refractivity (Wildman–Crippen MR) is 249 cm³/mol. The molecule has 2 aromatic heterocycles. The number of anilines is 4. The summed E-state index contributed by atoms with van der Waals surface area (Å²) in [4.78, 5) is 80.8. The predicted octanol–water partition coefficient (Wildman–Crippen LogP) is 3.57. The summed E-state index contributed by atoms with van der Waals surface area (Å²) < 4.78 is 15.1. The van der Waals surface area contributed by atoms with Crippen molar-refractivity contribution in [3.05, 3.63) is 76.1 Å². The minimum Gasteiger partial charge on any atom is -0.389 e. The number of nitrogens with zero attached hydrogens (tertiary/aromatic N) is 9. The number of aromatic nitrogens is 3. The van der Waals surface area contributed by atoms with Gasteiger partial charge in [0.25, 0.3) is 11.8 Å². The molecule has 0 radical (unpaired) electrons. The van der Waals surface area contributed by atoms with Crippen LogP contribution < -0.4 is 25.8 Å². The van der Waals surface area contributed by atoms with Crippen molar-refractivity contribution in [3.63, 3.8) is 0 Å². The number of rotatable bonds is 11. The number of hydrogen-bond donors (Lipinski definition) is 4. The van der Waals surface area contributed by atoms with Gasteiger partial charge in [-0.1, -0.05) is 23.7 Å². The van der Waals surface area contributed by atoms with E-state index >= 15 is 0 Å². The zero-order chi connectivity index (χ0) is 46.6. The van der Waals surface area contributed by atoms with Gasteiger partial charge in [-0.25, -0.2) is 18.7 Å². The number of amides is 6. The SMILES string of the molecule is CNc1cc(N2CCc3c(CN4CCN(C(=O)CC5(O)CCN(C6CCN(C(=O)c7ccc(Cl)c(N8CCC(=O)NC8=O)c7)CC6)CC5)CC4)cccc32)nn2c(C(=O)NC3C[C@@H]3F)cnc12. The number of halogens is 2. The summed E-state index contributed by atoms with van der Waals surface area (Å²) >= 11 is 6.41. The smallest absolute Gasteiger partial charge is 0.328 e. The van der Waals surface area contributed by atoms with E-state index in [4.69, 9.17) is 16.7 Å². The van der Waals surface area contributed by atoms with Crippen LogP contribution in [0.15, 0.2) is 48.7 Å². The number of hydrogen-bond acceptors (Lipinski definition) is 12. The van der Waals surface area contributed by atoms with Gasteiger partial charge in [0.15, 0.2) is 17.2 Å². The number of fused-ring (bicyclic) bond motifs is 2. The highest BCUT2D eigenvalue weighted by atomic mass is 35.5. The first kappa shape index (κ1) is 44.9. The van der Waals surface area contributed by atoms with Crippen molar-refractivity contribution >= 4 is 69.8 Å². The monoisotopic (exact) mass is 938 g/mol. The molecule has 2 aromatic carbocycles. The van der Waals surface area contributed by atoms with Crippen molar-refractivity contribution in [2.75, 3.05) is 87.6 Å². The Morgan fingerprint density at radius 3 is 2.37 bits per heavy atom. The summed E-state index contributed by atoms with van der Waals surface area (Å²) in [6.45, 7) is 6.79. The second kappa shape index (κ2) is 18.3. The van der Waals surface area contributed by atoms with Crippen molar-refractivity contribution < 1.29 is 33.5 Å². The average Bonchev–Trinajstić information content (AvgIpc) is 3.63. The van der Waals surface area contributed by atoms with Gasteiger partial charge in [-0.3, -0.25) is 34.3 Å². The Labute approximate surface area is 392 Å². The van der Waals surface area contributed by atoms with Crippen molar-refractivity contribution in [1.29, 1.82) is 0 Å². The van der Waals surface area contributed by atoms with E-state index in [1.54, 1.807) is 25.2 Å². The molecule has 0 bridgehead atoms. The van der Waals surface area contributed by atoms with Crippen LogP contribution in [-0.2, 0) is 22.6 Å². The number of benzene rings is 2. The second-order valence-electron chi connectivity index (χ2n) is 18.7. The van der Waals surface area contributed by atoms with Crippen LogP contribution in [-0.4, -0.2) is 165 Å². The van der Waals surface area contributed by atoms with E-state index in [0.29, 0.717) is 92.8 Å². The Balaban J connectivity index is 0.690. The molecule has 1 saturated carbocycles. The fraction of sp³-hybridized carbons (Fsp3) is 0.511. The number of aliphatic hydroxyl groups is 1. The van der Waals surface area contributed by atoms with Gasteiger partial charge in [0.1, 0.15) is 6.17 Å². The summed E-state index contributed by atoms with van der Waals surface area (Å²) in [5.41, 5.74) is 4.77. The Bertz CT molecular complexity index is 2610. The van der Waals surface area contributed by atoms with Crippen LogP contribution in [0.4, 0.5) is 32.1 Å². The minimum absolute atomic E-state index is 0.0125. The topological polar surface area (TPSA) is 191 Å². The number of imidazole rings is 1. The van der Waals surface area contributed by atoms with Crippen LogP contribution in [0, 0.1) is 0 Å². The van der Waals surface area contributed by atoms with Gasteiger partial charge in [0.2, 0.25) is 11.8 Å². The number of nitrogens with one attached hydrogen (secondary N) is 3. The molecule has 4 aromatic rings. The molecule has 20 heteroatoms. The maximum absolute atomic E-state index is 13.6. The third kappa shape index (κ3) is 9.13. The number of imide groups is 1. The largest absolute Gasteiger partial charge is 0.389 e. The van der Waals surface area contributed by atoms with Gasteiger partial charge < -0.3 is 35.3 Å². The van der Waals surface area contributed by atoms with Crippen LogP contribution in [0.1, 0.15) is 76.9 Å². The molecule has 6 aliphatic rings. The van der Waals surface area contributed by atoms with Crippen LogP contribution >= 0.6 is 11.6 Å². The van der Waals surface area contributed by atoms with E-state index in [1.807, 2.05) is 15.9 Å². The molecule has 1 aliphatic carbocycles. The van der Waals surface area contributed by atoms with E-state index in [2.05, 4.69) is 53.8 Å². The van der Waals surface area contributed by atoms with Gasteiger partial charge in [0, 0.05) is 115 Å². The second-order valence-corrected chi connectivity index (χ2v) is 19.1. The molecule has 0 spiro atoms. The summed E-state index contributed by atoms with van der Waals surface area (Å²) in [6.07, 6.45) is 4.46. The van der Waals surface area contributed by atoms with Crippen LogP contribution in [0.5, 0.6) is 0 Å². The minimum atomic E-state index is -1.06. The molecule has 7 heterocycles. The standard InChI is InChI=1S/C47H56ClFN12O6/c1-50-36-25-40(54-61-39(27-51-43(36)61)44(64)52-35-24-34(35)49)59-15-9-32-30(3-2-4-37(32)59)28-55-19-21-57(22-20-55)42(63)26-47(67)11-17-56(18-12-47)31-7-13-58(14-8-31)45(65)29-5-6-33(48)38(23-29)60-16-10-41(62)53-46(60)66/h2-6,23,25,27,31,34-35,50,67H,7-22,24,26,28H2,1H3,(H,52,64)(H,53,62,66)/t34-,35?/m0/s1. The maximum Gasteiger partial charge on any atom is 0.328 e. The first-order chi connectivity index (χ1) is 32.3. The summed E-state index contributed by atoms with van der Waals surface area (Å²) in [7, 11) is 1.80. The van der Waals surface area contributed by atoms with Crippen LogP contribution in [0.25, 0.3) is 5.65 Å². The molecule has 67 heavy (non-hydrogen) atoms. The lowest BCUT2D eigenvalue weighted by atomic mass is 9.86. The first-order valence-electron chi connectivity index (χ1n) is 23.4. The van der Waals surface area contributed by atoms with Gasteiger partial charge in [-0.05, 0) is 67.5 Å². The molecular weight excluding hydrogens is 883 g/mol. The Morgan fingerprint density at radius 2 is 1.66 bits per heavy atom. The molecule has 2 atom stereocenters. The van der Waals surface area contributed by atoms with Crippen molar-refractivity contribution in [1.82, 2.24) is 44.8 Å². The number of piperazine rings is 1. The first-order valence-corrected chi connectivity index (χ1v) is 23.8. The van der Waals surface area contributed by atoms with E-state index in [1.165, 1.54) is 26.7 Å². The third-order valence-corrected chi connectivity index (χ3v) is 14.8. The molecule has 5 fully saturated rings. The van der Waals surface area contributed by atoms with E-state index < -0.39 is 29.8 Å². The van der Waals surface area contributed by atoms with Gasteiger partial charge in [-0.15, -0.1) is 5.10 Å². The lowest BCUT2D eigenvalue weighted by Gasteiger charge is -2.45. The highest BCUT2D eigenvalue weighted by Crippen LogP contribution is 2.38. The molecule has 6 amide bonds. The molecule has 4 N–H and O–H groups in total. The summed E-state index contributed by atoms with van der Waals surface area (Å²) in [5.74, 6) is -0.231. The fourth-order valence-electron chi connectivity index (χ4n) is 10.4. The van der Waals surface area contributed by atoms with Gasteiger partial charge in [-0.2, -0.15) is 0 Å². The molecule has 1 unspecified atom stereocenters. The third-order valence-electron chi connectivity index (χ3n) is 14.5. The molecule has 354 valence electrons. The number of likely N-dealkylation sites (tertiary alicyclic amines) is 2.